The number of nitrogens with zero attached hydrogens (tertiary/aromatic N) is 1. The van der Waals surface area contributed by atoms with Crippen LogP contribution < -0.4 is 0 Å². The number of likely N-dealkylation sites (tertiary alicyclic amines) is 1. The van der Waals surface area contributed by atoms with E-state index in [0.29, 0.717) is 25.7 Å². The number of piperidine rings is 1. The lowest BCUT2D eigenvalue weighted by molar-refractivity contribution is -0.137. The van der Waals surface area contributed by atoms with E-state index in [9.17, 15) is 14.7 Å². The van der Waals surface area contributed by atoms with E-state index in [4.69, 9.17) is 5.11 Å². The quantitative estimate of drug-likeness (QED) is 0.507. The standard InChI is InChI=1S/C24H37NO4/c1-18-14-19(2)16-20(15-18)17-22(26)12-11-21-8-7-9-23(27)25(21)13-6-4-3-5-10-24(28)29/h14-16,21-22,26H,3-13,17H2,1-2H3,(H,28,29)/t21-,22?/m1/s1. The van der Waals surface area contributed by atoms with Gasteiger partial charge in [-0.25, -0.2) is 0 Å². The van der Waals surface area contributed by atoms with E-state index in [1.165, 1.54) is 16.7 Å². The number of carbonyl (C=O) groups is 2. The molecule has 0 aliphatic carbocycles. The van der Waals surface area contributed by atoms with Crippen LogP contribution in [0.2, 0.25) is 0 Å². The molecule has 1 aliphatic heterocycles. The number of aryl methyl sites for hydroxylation is 2. The Morgan fingerprint density at radius 1 is 1.14 bits per heavy atom. The zero-order chi connectivity index (χ0) is 21.2. The molecular weight excluding hydrogens is 366 g/mol. The molecule has 0 spiro atoms. The van der Waals surface area contributed by atoms with Crippen LogP contribution in [0.5, 0.6) is 0 Å². The van der Waals surface area contributed by atoms with Gasteiger partial charge in [-0.1, -0.05) is 42.2 Å². The van der Waals surface area contributed by atoms with Gasteiger partial charge in [0.15, 0.2) is 0 Å². The average molecular weight is 404 g/mol. The number of carbonyl (C=O) groups excluding carboxylic acids is 1. The number of unbranched alkanes of at least 4 members (excludes halogenated alkanes) is 3. The Labute approximate surface area is 175 Å². The molecule has 1 heterocycles. The molecule has 5 heteroatoms. The number of aliphatic hydroxyl groups is 1. The van der Waals surface area contributed by atoms with Gasteiger partial charge in [0, 0.05) is 25.4 Å². The van der Waals surface area contributed by atoms with Crippen molar-refractivity contribution in [3.8, 4) is 0 Å². The molecule has 1 saturated heterocycles. The second kappa shape index (κ2) is 12.0. The summed E-state index contributed by atoms with van der Waals surface area (Å²) < 4.78 is 0. The van der Waals surface area contributed by atoms with Gasteiger partial charge in [-0.2, -0.15) is 0 Å². The van der Waals surface area contributed by atoms with Gasteiger partial charge in [0.25, 0.3) is 0 Å². The summed E-state index contributed by atoms with van der Waals surface area (Å²) in [6.45, 7) is 4.91. The molecule has 2 rings (SSSR count). The summed E-state index contributed by atoms with van der Waals surface area (Å²) in [6, 6.07) is 6.64. The second-order valence-corrected chi connectivity index (χ2v) is 8.62. The minimum absolute atomic E-state index is 0.226. The summed E-state index contributed by atoms with van der Waals surface area (Å²) in [6.07, 6.45) is 8.11. The molecule has 0 aromatic heterocycles. The fraction of sp³-hybridized carbons (Fsp3) is 0.667. The highest BCUT2D eigenvalue weighted by Crippen LogP contribution is 2.24. The molecule has 1 fully saturated rings. The van der Waals surface area contributed by atoms with Crippen LogP contribution in [0.1, 0.15) is 80.9 Å². The number of hydrogen-bond acceptors (Lipinski definition) is 3. The van der Waals surface area contributed by atoms with Crippen LogP contribution in [0.4, 0.5) is 0 Å². The Morgan fingerprint density at radius 2 is 1.83 bits per heavy atom. The van der Waals surface area contributed by atoms with Gasteiger partial charge in [-0.3, -0.25) is 9.59 Å². The molecule has 29 heavy (non-hydrogen) atoms. The van der Waals surface area contributed by atoms with Crippen LogP contribution in [-0.2, 0) is 16.0 Å². The first-order valence-corrected chi connectivity index (χ1v) is 11.1. The Morgan fingerprint density at radius 3 is 2.52 bits per heavy atom. The number of rotatable bonds is 12. The van der Waals surface area contributed by atoms with Crippen LogP contribution in [-0.4, -0.2) is 45.7 Å². The summed E-state index contributed by atoms with van der Waals surface area (Å²) in [5.41, 5.74) is 3.62. The summed E-state index contributed by atoms with van der Waals surface area (Å²) in [4.78, 5) is 25.0. The molecule has 162 valence electrons. The third kappa shape index (κ3) is 8.57. The fourth-order valence-corrected chi connectivity index (χ4v) is 4.46. The van der Waals surface area contributed by atoms with Crippen molar-refractivity contribution in [1.29, 1.82) is 0 Å². The van der Waals surface area contributed by atoms with Crippen LogP contribution in [0.3, 0.4) is 0 Å². The molecule has 1 unspecified atom stereocenters. The first-order chi connectivity index (χ1) is 13.8. The lowest BCUT2D eigenvalue weighted by Crippen LogP contribution is -2.44. The summed E-state index contributed by atoms with van der Waals surface area (Å²) >= 11 is 0. The monoisotopic (exact) mass is 403 g/mol. The lowest BCUT2D eigenvalue weighted by atomic mass is 9.93. The van der Waals surface area contributed by atoms with Crippen molar-refractivity contribution in [2.75, 3.05) is 6.54 Å². The maximum absolute atomic E-state index is 12.4. The number of hydrogen-bond donors (Lipinski definition) is 2. The number of amides is 1. The predicted octanol–water partition coefficient (Wildman–Crippen LogP) is 4.40. The minimum Gasteiger partial charge on any atom is -0.481 e. The molecular formula is C24H37NO4. The minimum atomic E-state index is -0.740. The maximum atomic E-state index is 12.4. The van der Waals surface area contributed by atoms with E-state index in [0.717, 1.165) is 45.1 Å². The number of aliphatic carboxylic acids is 1. The van der Waals surface area contributed by atoms with E-state index >= 15 is 0 Å². The molecule has 2 N–H and O–H groups in total. The summed E-state index contributed by atoms with van der Waals surface area (Å²) in [7, 11) is 0. The molecule has 1 amide bonds. The van der Waals surface area contributed by atoms with Crippen LogP contribution in [0.25, 0.3) is 0 Å². The third-order valence-corrected chi connectivity index (χ3v) is 5.81. The lowest BCUT2D eigenvalue weighted by Gasteiger charge is -2.36. The van der Waals surface area contributed by atoms with Gasteiger partial charge in [0.05, 0.1) is 6.10 Å². The highest BCUT2D eigenvalue weighted by molar-refractivity contribution is 5.77. The van der Waals surface area contributed by atoms with Crippen molar-refractivity contribution in [1.82, 2.24) is 4.90 Å². The fourth-order valence-electron chi connectivity index (χ4n) is 4.46. The Kier molecular flexibility index (Phi) is 9.65. The number of carboxylic acid groups (broad SMARTS) is 1. The van der Waals surface area contributed by atoms with Crippen LogP contribution in [0.15, 0.2) is 18.2 Å². The topological polar surface area (TPSA) is 77.8 Å². The normalized spacial score (nSPS) is 18.1. The predicted molar refractivity (Wildman–Crippen MR) is 115 cm³/mol. The van der Waals surface area contributed by atoms with Gasteiger partial charge >= 0.3 is 5.97 Å². The van der Waals surface area contributed by atoms with E-state index in [1.54, 1.807) is 0 Å². The number of aliphatic hydroxyl groups excluding tert-OH is 1. The van der Waals surface area contributed by atoms with Gasteiger partial charge in [0.1, 0.15) is 0 Å². The molecule has 1 aromatic carbocycles. The van der Waals surface area contributed by atoms with Crippen LogP contribution in [0, 0.1) is 13.8 Å². The summed E-state index contributed by atoms with van der Waals surface area (Å²) in [5.74, 6) is -0.508. The maximum Gasteiger partial charge on any atom is 0.303 e. The third-order valence-electron chi connectivity index (χ3n) is 5.81. The van der Waals surface area contributed by atoms with Gasteiger partial charge in [-0.05, 0) is 64.4 Å². The first kappa shape index (κ1) is 23.4. The molecule has 1 aliphatic rings. The Bertz CT molecular complexity index is 653. The smallest absolute Gasteiger partial charge is 0.303 e. The zero-order valence-electron chi connectivity index (χ0n) is 18.0. The van der Waals surface area contributed by atoms with E-state index in [1.807, 2.05) is 4.90 Å². The Balaban J connectivity index is 1.77. The molecule has 5 nitrogen and oxygen atoms in total. The summed E-state index contributed by atoms with van der Waals surface area (Å²) in [5, 5.41) is 19.2. The number of benzene rings is 1. The zero-order valence-corrected chi connectivity index (χ0v) is 18.0. The number of carboxylic acids is 1. The van der Waals surface area contributed by atoms with Crippen molar-refractivity contribution >= 4 is 11.9 Å². The largest absolute Gasteiger partial charge is 0.481 e. The van der Waals surface area contributed by atoms with Crippen molar-refractivity contribution in [2.24, 2.45) is 0 Å². The van der Waals surface area contributed by atoms with Gasteiger partial charge in [0.2, 0.25) is 5.91 Å². The molecule has 1 aromatic rings. The Hall–Kier alpha value is -1.88. The van der Waals surface area contributed by atoms with Crippen LogP contribution >= 0.6 is 0 Å². The van der Waals surface area contributed by atoms with E-state index in [-0.39, 0.29) is 24.5 Å². The SMILES string of the molecule is Cc1cc(C)cc(CC(O)CC[C@H]2CCCC(=O)N2CCCCCCC(=O)O)c1. The highest BCUT2D eigenvalue weighted by atomic mass is 16.4. The highest BCUT2D eigenvalue weighted by Gasteiger charge is 2.27. The van der Waals surface area contributed by atoms with Crippen molar-refractivity contribution in [3.05, 3.63) is 34.9 Å². The molecule has 0 bridgehead atoms. The van der Waals surface area contributed by atoms with Crippen molar-refractivity contribution in [2.45, 2.75) is 96.6 Å². The molecule has 2 atom stereocenters. The average Bonchev–Trinajstić information content (AvgIpc) is 2.63. The van der Waals surface area contributed by atoms with E-state index < -0.39 is 5.97 Å². The van der Waals surface area contributed by atoms with Crippen molar-refractivity contribution in [3.63, 3.8) is 0 Å². The van der Waals surface area contributed by atoms with Gasteiger partial charge < -0.3 is 15.1 Å². The van der Waals surface area contributed by atoms with Crippen molar-refractivity contribution < 1.29 is 19.8 Å². The molecule has 0 saturated carbocycles. The molecule has 0 radical (unpaired) electrons. The second-order valence-electron chi connectivity index (χ2n) is 8.62. The first-order valence-electron chi connectivity index (χ1n) is 11.1. The van der Waals surface area contributed by atoms with E-state index in [2.05, 4.69) is 32.0 Å². The van der Waals surface area contributed by atoms with Gasteiger partial charge in [-0.15, -0.1) is 0 Å².